The lowest BCUT2D eigenvalue weighted by atomic mass is 10.1. The van der Waals surface area contributed by atoms with Crippen LogP contribution in [0.1, 0.15) is 11.6 Å². The molecule has 1 atom stereocenters. The van der Waals surface area contributed by atoms with Gasteiger partial charge in [0.1, 0.15) is 5.92 Å². The maximum Gasteiger partial charge on any atom is 0.113 e. The summed E-state index contributed by atoms with van der Waals surface area (Å²) in [7, 11) is 0. The Morgan fingerprint density at radius 1 is 1.75 bits per heavy atom. The van der Waals surface area contributed by atoms with Crippen LogP contribution in [0.3, 0.4) is 0 Å². The molecule has 1 rings (SSSR count). The van der Waals surface area contributed by atoms with Gasteiger partial charge in [-0.3, -0.25) is 4.98 Å². The molecule has 0 amide bonds. The molecule has 1 aromatic heterocycles. The van der Waals surface area contributed by atoms with E-state index >= 15 is 0 Å². The van der Waals surface area contributed by atoms with Crippen molar-refractivity contribution in [1.29, 1.82) is 5.26 Å². The number of halogens is 1. The van der Waals surface area contributed by atoms with Gasteiger partial charge in [0.05, 0.1) is 18.4 Å². The van der Waals surface area contributed by atoms with Gasteiger partial charge in [-0.05, 0) is 28.1 Å². The first kappa shape index (κ1) is 9.17. The van der Waals surface area contributed by atoms with Crippen molar-refractivity contribution in [2.24, 2.45) is 0 Å². The molecule has 1 heterocycles. The van der Waals surface area contributed by atoms with Crippen LogP contribution in [0.5, 0.6) is 0 Å². The molecule has 12 heavy (non-hydrogen) atoms. The molecule has 0 aliphatic carbocycles. The van der Waals surface area contributed by atoms with Crippen molar-refractivity contribution in [3.63, 3.8) is 0 Å². The molecular formula is C8H7BrN2O. The molecule has 0 spiro atoms. The number of rotatable bonds is 2. The summed E-state index contributed by atoms with van der Waals surface area (Å²) in [5, 5.41) is 17.5. The van der Waals surface area contributed by atoms with E-state index in [1.165, 1.54) is 0 Å². The van der Waals surface area contributed by atoms with E-state index < -0.39 is 5.92 Å². The molecule has 0 radical (unpaired) electrons. The number of aliphatic hydroxyl groups is 1. The molecule has 1 aromatic rings. The van der Waals surface area contributed by atoms with Gasteiger partial charge in [-0.1, -0.05) is 0 Å². The molecule has 62 valence electrons. The summed E-state index contributed by atoms with van der Waals surface area (Å²) in [5.74, 6) is -0.541. The fraction of sp³-hybridized carbons (Fsp3) is 0.250. The number of aromatic nitrogens is 1. The fourth-order valence-electron chi connectivity index (χ4n) is 0.843. The van der Waals surface area contributed by atoms with Crippen LogP contribution in [0.4, 0.5) is 0 Å². The monoisotopic (exact) mass is 226 g/mol. The summed E-state index contributed by atoms with van der Waals surface area (Å²) < 4.78 is 0.755. The Bertz CT molecular complexity index is 308. The van der Waals surface area contributed by atoms with Crippen molar-refractivity contribution in [3.8, 4) is 6.07 Å². The van der Waals surface area contributed by atoms with Crippen molar-refractivity contribution in [2.45, 2.75) is 5.92 Å². The maximum absolute atomic E-state index is 8.82. The van der Waals surface area contributed by atoms with Crippen LogP contribution in [0.25, 0.3) is 0 Å². The van der Waals surface area contributed by atoms with Crippen molar-refractivity contribution < 1.29 is 5.11 Å². The summed E-state index contributed by atoms with van der Waals surface area (Å²) in [6, 6.07) is 5.52. The minimum atomic E-state index is -0.541. The minimum Gasteiger partial charge on any atom is -0.395 e. The van der Waals surface area contributed by atoms with Crippen LogP contribution in [-0.2, 0) is 0 Å². The SMILES string of the molecule is N#CC(CO)c1ncccc1Br. The number of nitriles is 1. The number of aliphatic hydroxyl groups excluding tert-OH is 1. The Morgan fingerprint density at radius 2 is 2.50 bits per heavy atom. The van der Waals surface area contributed by atoms with Gasteiger partial charge in [0.2, 0.25) is 0 Å². The van der Waals surface area contributed by atoms with Crippen molar-refractivity contribution in [3.05, 3.63) is 28.5 Å². The molecule has 4 heteroatoms. The van der Waals surface area contributed by atoms with Crippen LogP contribution in [0.2, 0.25) is 0 Å². The van der Waals surface area contributed by atoms with Gasteiger partial charge >= 0.3 is 0 Å². The Kier molecular flexibility index (Phi) is 3.20. The molecule has 0 aliphatic rings. The van der Waals surface area contributed by atoms with Gasteiger partial charge in [0.15, 0.2) is 0 Å². The Hall–Kier alpha value is -0.920. The maximum atomic E-state index is 8.82. The standard InChI is InChI=1S/C8H7BrN2O/c9-7-2-1-3-11-8(7)6(4-10)5-12/h1-3,6,12H,5H2. The van der Waals surface area contributed by atoms with Crippen molar-refractivity contribution >= 4 is 15.9 Å². The van der Waals surface area contributed by atoms with Gasteiger partial charge in [-0.25, -0.2) is 0 Å². The normalized spacial score (nSPS) is 12.1. The lowest BCUT2D eigenvalue weighted by Gasteiger charge is -2.05. The third-order valence-corrected chi connectivity index (χ3v) is 2.13. The highest BCUT2D eigenvalue weighted by atomic mass is 79.9. The molecule has 1 unspecified atom stereocenters. The van der Waals surface area contributed by atoms with Crippen molar-refractivity contribution in [1.82, 2.24) is 4.98 Å². The lowest BCUT2D eigenvalue weighted by molar-refractivity contribution is 0.284. The molecule has 0 saturated heterocycles. The third kappa shape index (κ3) is 1.81. The summed E-state index contributed by atoms with van der Waals surface area (Å²) in [5.41, 5.74) is 0.586. The first-order valence-electron chi connectivity index (χ1n) is 3.40. The van der Waals surface area contributed by atoms with Crippen LogP contribution in [0.15, 0.2) is 22.8 Å². The third-order valence-electron chi connectivity index (χ3n) is 1.46. The number of hydrogen-bond acceptors (Lipinski definition) is 3. The topological polar surface area (TPSA) is 56.9 Å². The second-order valence-corrected chi connectivity index (χ2v) is 3.09. The van der Waals surface area contributed by atoms with E-state index in [-0.39, 0.29) is 6.61 Å². The van der Waals surface area contributed by atoms with Crippen molar-refractivity contribution in [2.75, 3.05) is 6.61 Å². The zero-order valence-corrected chi connectivity index (χ0v) is 7.82. The van der Waals surface area contributed by atoms with E-state index in [1.807, 2.05) is 6.07 Å². The van der Waals surface area contributed by atoms with Gasteiger partial charge in [-0.2, -0.15) is 5.26 Å². The Balaban J connectivity index is 3.02. The van der Waals surface area contributed by atoms with E-state index in [4.69, 9.17) is 10.4 Å². The van der Waals surface area contributed by atoms with Gasteiger partial charge in [0, 0.05) is 10.7 Å². The smallest absolute Gasteiger partial charge is 0.113 e. The fourth-order valence-corrected chi connectivity index (χ4v) is 1.37. The molecule has 0 saturated carbocycles. The number of nitrogens with zero attached hydrogens (tertiary/aromatic N) is 2. The second kappa shape index (κ2) is 4.19. The summed E-state index contributed by atoms with van der Waals surface area (Å²) in [6.45, 7) is -0.202. The van der Waals surface area contributed by atoms with E-state index in [0.29, 0.717) is 5.69 Å². The van der Waals surface area contributed by atoms with E-state index in [1.54, 1.807) is 18.3 Å². The quantitative estimate of drug-likeness (QED) is 0.831. The highest BCUT2D eigenvalue weighted by Crippen LogP contribution is 2.21. The number of hydrogen-bond donors (Lipinski definition) is 1. The molecule has 1 N–H and O–H groups in total. The predicted octanol–water partition coefficient (Wildman–Crippen LogP) is 1.44. The minimum absolute atomic E-state index is 0.202. The lowest BCUT2D eigenvalue weighted by Crippen LogP contribution is -2.04. The summed E-state index contributed by atoms with van der Waals surface area (Å²) in [4.78, 5) is 3.99. The van der Waals surface area contributed by atoms with Crippen LogP contribution < -0.4 is 0 Å². The molecule has 0 bridgehead atoms. The van der Waals surface area contributed by atoms with E-state index in [9.17, 15) is 0 Å². The molecule has 3 nitrogen and oxygen atoms in total. The molecule has 0 fully saturated rings. The summed E-state index contributed by atoms with van der Waals surface area (Å²) in [6.07, 6.45) is 1.60. The zero-order valence-electron chi connectivity index (χ0n) is 6.24. The zero-order chi connectivity index (χ0) is 8.97. The average Bonchev–Trinajstić information content (AvgIpc) is 2.10. The van der Waals surface area contributed by atoms with Crippen LogP contribution in [-0.4, -0.2) is 16.7 Å². The van der Waals surface area contributed by atoms with E-state index in [0.717, 1.165) is 4.47 Å². The average molecular weight is 227 g/mol. The second-order valence-electron chi connectivity index (χ2n) is 2.23. The Labute approximate surface area is 78.8 Å². The molecule has 0 aliphatic heterocycles. The number of pyridine rings is 1. The van der Waals surface area contributed by atoms with Crippen LogP contribution in [0, 0.1) is 11.3 Å². The van der Waals surface area contributed by atoms with Gasteiger partial charge in [0.25, 0.3) is 0 Å². The highest BCUT2D eigenvalue weighted by Gasteiger charge is 2.12. The largest absolute Gasteiger partial charge is 0.395 e. The van der Waals surface area contributed by atoms with Crippen LogP contribution >= 0.6 is 15.9 Å². The molecule has 0 aromatic carbocycles. The first-order chi connectivity index (χ1) is 5.79. The van der Waals surface area contributed by atoms with Gasteiger partial charge < -0.3 is 5.11 Å². The highest BCUT2D eigenvalue weighted by molar-refractivity contribution is 9.10. The first-order valence-corrected chi connectivity index (χ1v) is 4.19. The Morgan fingerprint density at radius 3 is 3.00 bits per heavy atom. The predicted molar refractivity (Wildman–Crippen MR) is 47.4 cm³/mol. The van der Waals surface area contributed by atoms with E-state index in [2.05, 4.69) is 20.9 Å². The summed E-state index contributed by atoms with van der Waals surface area (Å²) >= 11 is 3.25. The van der Waals surface area contributed by atoms with Gasteiger partial charge in [-0.15, -0.1) is 0 Å². The molecular weight excluding hydrogens is 220 g/mol.